The molecule has 4 aliphatic rings. The number of rotatable bonds is 5. The molecule has 1 atom stereocenters. The van der Waals surface area contributed by atoms with E-state index in [1.807, 2.05) is 0 Å². The van der Waals surface area contributed by atoms with E-state index in [-0.39, 0.29) is 0 Å². The Kier molecular flexibility index (Phi) is 6.78. The van der Waals surface area contributed by atoms with E-state index in [4.69, 9.17) is 4.74 Å². The van der Waals surface area contributed by atoms with Gasteiger partial charge < -0.3 is 14.5 Å². The summed E-state index contributed by atoms with van der Waals surface area (Å²) in [7, 11) is 0. The van der Waals surface area contributed by atoms with Crippen molar-refractivity contribution in [3.63, 3.8) is 0 Å². The third-order valence-electron chi connectivity index (χ3n) is 7.47. The van der Waals surface area contributed by atoms with Crippen molar-refractivity contribution in [1.29, 1.82) is 0 Å². The topological polar surface area (TPSA) is 27.7 Å². The predicted octanol–water partition coefficient (Wildman–Crippen LogP) is 3.98. The second kappa shape index (κ2) is 9.28. The van der Waals surface area contributed by atoms with Gasteiger partial charge in [-0.05, 0) is 77.6 Å². The lowest BCUT2D eigenvalue weighted by atomic mass is 9.84. The van der Waals surface area contributed by atoms with Crippen LogP contribution in [0.4, 0.5) is 0 Å². The van der Waals surface area contributed by atoms with Crippen LogP contribution in [-0.2, 0) is 4.74 Å². The maximum Gasteiger partial charge on any atom is 0.0682 e. The van der Waals surface area contributed by atoms with Gasteiger partial charge in [-0.1, -0.05) is 6.08 Å². The van der Waals surface area contributed by atoms with Gasteiger partial charge in [0.1, 0.15) is 0 Å². The molecule has 0 aromatic heterocycles. The summed E-state index contributed by atoms with van der Waals surface area (Å²) < 4.78 is 5.86. The number of nitrogens with zero attached hydrogens (tertiary/aromatic N) is 2. The third-order valence-corrected chi connectivity index (χ3v) is 7.47. The number of fused-ring (bicyclic) bond motifs is 1. The van der Waals surface area contributed by atoms with Crippen molar-refractivity contribution in [3.05, 3.63) is 11.8 Å². The van der Waals surface area contributed by atoms with Crippen LogP contribution in [-0.4, -0.2) is 60.9 Å². The van der Waals surface area contributed by atoms with Gasteiger partial charge in [0.05, 0.1) is 12.8 Å². The van der Waals surface area contributed by atoms with Gasteiger partial charge in [0.15, 0.2) is 0 Å². The molecule has 1 N–H and O–H groups in total. The average Bonchev–Trinajstić information content (AvgIpc) is 2.72. The largest absolute Gasteiger partial charge is 0.379 e. The Balaban J connectivity index is 1.23. The fourth-order valence-electron chi connectivity index (χ4n) is 5.85. The van der Waals surface area contributed by atoms with Crippen LogP contribution in [0, 0.1) is 11.8 Å². The summed E-state index contributed by atoms with van der Waals surface area (Å²) in [4.78, 5) is 5.56. The lowest BCUT2D eigenvalue weighted by Crippen LogP contribution is -2.54. The molecule has 0 aromatic rings. The highest BCUT2D eigenvalue weighted by Gasteiger charge is 2.34. The number of hydrogen-bond donors (Lipinski definition) is 1. The van der Waals surface area contributed by atoms with Crippen LogP contribution in [0.15, 0.2) is 11.8 Å². The molecule has 2 heterocycles. The second-order valence-electron chi connectivity index (χ2n) is 9.66. The molecule has 0 unspecified atom stereocenters. The van der Waals surface area contributed by atoms with Crippen molar-refractivity contribution in [2.75, 3.05) is 32.9 Å². The molecule has 0 radical (unpaired) electrons. The molecular weight excluding hydrogens is 334 g/mol. The summed E-state index contributed by atoms with van der Waals surface area (Å²) in [5.74, 6) is 1.59. The van der Waals surface area contributed by atoms with Crippen molar-refractivity contribution in [2.45, 2.75) is 89.8 Å². The van der Waals surface area contributed by atoms with Gasteiger partial charge in [-0.25, -0.2) is 0 Å². The molecule has 27 heavy (non-hydrogen) atoms. The number of ether oxygens (including phenoxy) is 1. The van der Waals surface area contributed by atoms with E-state index in [0.29, 0.717) is 6.10 Å². The van der Waals surface area contributed by atoms with Crippen molar-refractivity contribution >= 4 is 0 Å². The van der Waals surface area contributed by atoms with Gasteiger partial charge in [0.25, 0.3) is 0 Å². The lowest BCUT2D eigenvalue weighted by Gasteiger charge is -2.48. The Morgan fingerprint density at radius 3 is 2.56 bits per heavy atom. The number of allylic oxidation sites excluding steroid dienone is 1. The highest BCUT2D eigenvalue weighted by Crippen LogP contribution is 2.34. The molecule has 154 valence electrons. The van der Waals surface area contributed by atoms with Gasteiger partial charge in [0.2, 0.25) is 0 Å². The molecule has 2 saturated heterocycles. The van der Waals surface area contributed by atoms with Gasteiger partial charge in [-0.15, -0.1) is 0 Å². The van der Waals surface area contributed by atoms with Gasteiger partial charge in [0, 0.05) is 49.9 Å². The number of piperidine rings is 1. The Bertz CT molecular complexity index is 490. The normalized spacial score (nSPS) is 33.8. The van der Waals surface area contributed by atoms with E-state index in [1.54, 1.807) is 5.70 Å². The third kappa shape index (κ3) is 4.89. The van der Waals surface area contributed by atoms with Crippen LogP contribution in [0.5, 0.6) is 0 Å². The standard InChI is InChI=1S/C23H41N3O/c1-18(2)27-16-19-7-9-21(10-8-19)25-13-11-22(12-14-25)26-17-24-15-20-5-3-4-6-23(20)26/h6,18-22,24H,3-5,7-17H2,1-2H3/t19?,20-,21?/m1/s1. The van der Waals surface area contributed by atoms with Gasteiger partial charge in [-0.3, -0.25) is 5.32 Å². The van der Waals surface area contributed by atoms with E-state index < -0.39 is 0 Å². The molecular formula is C23H41N3O. The number of nitrogens with one attached hydrogen (secondary N) is 1. The number of likely N-dealkylation sites (tertiary alicyclic amines) is 1. The van der Waals surface area contributed by atoms with Gasteiger partial charge in [-0.2, -0.15) is 0 Å². The van der Waals surface area contributed by atoms with Crippen LogP contribution in [0.25, 0.3) is 0 Å². The van der Waals surface area contributed by atoms with Crippen molar-refractivity contribution in [2.24, 2.45) is 11.8 Å². The van der Waals surface area contributed by atoms with Crippen LogP contribution < -0.4 is 5.32 Å². The minimum absolute atomic E-state index is 0.380. The summed E-state index contributed by atoms with van der Waals surface area (Å²) in [6, 6.07) is 1.60. The maximum atomic E-state index is 5.86. The molecule has 4 rings (SSSR count). The monoisotopic (exact) mass is 375 g/mol. The molecule has 4 nitrogen and oxygen atoms in total. The van der Waals surface area contributed by atoms with Crippen LogP contribution >= 0.6 is 0 Å². The SMILES string of the molecule is CC(C)OCC1CCC(N2CCC(N3CNC[C@H]4CCCC=C43)CC2)CC1. The first kappa shape index (κ1) is 19.7. The predicted molar refractivity (Wildman–Crippen MR) is 112 cm³/mol. The summed E-state index contributed by atoms with van der Waals surface area (Å²) in [6.07, 6.45) is 15.2. The Hall–Kier alpha value is -0.580. The smallest absolute Gasteiger partial charge is 0.0682 e. The van der Waals surface area contributed by atoms with Crippen LogP contribution in [0.1, 0.15) is 71.6 Å². The van der Waals surface area contributed by atoms with E-state index in [0.717, 1.165) is 37.2 Å². The van der Waals surface area contributed by atoms with E-state index in [9.17, 15) is 0 Å². The first-order valence-electron chi connectivity index (χ1n) is 11.7. The highest BCUT2D eigenvalue weighted by atomic mass is 16.5. The summed E-state index contributed by atoms with van der Waals surface area (Å²) in [5, 5.41) is 3.69. The minimum Gasteiger partial charge on any atom is -0.379 e. The zero-order chi connectivity index (χ0) is 18.6. The van der Waals surface area contributed by atoms with Crippen molar-refractivity contribution < 1.29 is 4.74 Å². The average molecular weight is 376 g/mol. The molecule has 2 aliphatic heterocycles. The van der Waals surface area contributed by atoms with Crippen LogP contribution in [0.3, 0.4) is 0 Å². The molecule has 3 fully saturated rings. The fraction of sp³-hybridized carbons (Fsp3) is 0.913. The highest BCUT2D eigenvalue weighted by molar-refractivity contribution is 5.13. The quantitative estimate of drug-likeness (QED) is 0.786. The first-order chi connectivity index (χ1) is 13.2. The van der Waals surface area contributed by atoms with E-state index >= 15 is 0 Å². The summed E-state index contributed by atoms with van der Waals surface area (Å²) >= 11 is 0. The van der Waals surface area contributed by atoms with E-state index in [1.165, 1.54) is 77.4 Å². The van der Waals surface area contributed by atoms with Crippen molar-refractivity contribution in [3.8, 4) is 0 Å². The van der Waals surface area contributed by atoms with Gasteiger partial charge >= 0.3 is 0 Å². The summed E-state index contributed by atoms with van der Waals surface area (Å²) in [5.41, 5.74) is 1.68. The molecule has 4 heteroatoms. The lowest BCUT2D eigenvalue weighted by molar-refractivity contribution is 0.0212. The zero-order valence-electron chi connectivity index (χ0n) is 17.7. The van der Waals surface area contributed by atoms with Crippen LogP contribution in [0.2, 0.25) is 0 Å². The minimum atomic E-state index is 0.380. The van der Waals surface area contributed by atoms with E-state index in [2.05, 4.69) is 35.0 Å². The second-order valence-corrected chi connectivity index (χ2v) is 9.66. The first-order valence-corrected chi connectivity index (χ1v) is 11.7. The Morgan fingerprint density at radius 1 is 1.04 bits per heavy atom. The Labute approximate surface area is 166 Å². The fourth-order valence-corrected chi connectivity index (χ4v) is 5.85. The molecule has 0 bridgehead atoms. The Morgan fingerprint density at radius 2 is 1.81 bits per heavy atom. The molecule has 0 spiro atoms. The van der Waals surface area contributed by atoms with Crippen molar-refractivity contribution in [1.82, 2.24) is 15.1 Å². The molecule has 0 aromatic carbocycles. The molecule has 1 saturated carbocycles. The summed E-state index contributed by atoms with van der Waals surface area (Å²) in [6.45, 7) is 10.2. The zero-order valence-corrected chi connectivity index (χ0v) is 17.7. The number of hydrogen-bond acceptors (Lipinski definition) is 4. The molecule has 2 aliphatic carbocycles. The molecule has 0 amide bonds. The maximum absolute atomic E-state index is 5.86.